The van der Waals surface area contributed by atoms with Crippen LogP contribution in [0.2, 0.25) is 0 Å². The van der Waals surface area contributed by atoms with Gasteiger partial charge < -0.3 is 11.5 Å². The van der Waals surface area contributed by atoms with Crippen molar-refractivity contribution in [2.45, 2.75) is 24.2 Å². The quantitative estimate of drug-likeness (QED) is 0.502. The average Bonchev–Trinajstić information content (AvgIpc) is 2.31. The van der Waals surface area contributed by atoms with Gasteiger partial charge in [-0.25, -0.2) is 13.1 Å². The van der Waals surface area contributed by atoms with Crippen LogP contribution in [0, 0.1) is 0 Å². The lowest BCUT2D eigenvalue weighted by Gasteiger charge is -2.09. The lowest BCUT2D eigenvalue weighted by atomic mass is 10.2. The molecule has 0 aromatic heterocycles. The standard InChI is InChI=1S/C11H16BrN3O3S/c12-8-4-5-9(13)10(7-8)19(17,18)15-6-2-1-3-11(14)16/h4-5,7,15H,1-3,6,13H2,(H2,14,16). The summed E-state index contributed by atoms with van der Waals surface area (Å²) in [6.07, 6.45) is 1.34. The van der Waals surface area contributed by atoms with Gasteiger partial charge >= 0.3 is 0 Å². The normalized spacial score (nSPS) is 11.4. The second-order valence-electron chi connectivity index (χ2n) is 4.00. The van der Waals surface area contributed by atoms with Gasteiger partial charge in [-0.05, 0) is 31.0 Å². The third-order valence-electron chi connectivity index (χ3n) is 2.41. The summed E-state index contributed by atoms with van der Waals surface area (Å²) in [5, 5.41) is 0. The zero-order chi connectivity index (χ0) is 14.5. The number of amides is 1. The molecule has 0 saturated heterocycles. The molecule has 0 atom stereocenters. The van der Waals surface area contributed by atoms with E-state index in [1.807, 2.05) is 0 Å². The minimum Gasteiger partial charge on any atom is -0.398 e. The minimum atomic E-state index is -3.64. The summed E-state index contributed by atoms with van der Waals surface area (Å²) in [6, 6.07) is 4.63. The van der Waals surface area contributed by atoms with Crippen LogP contribution in [-0.4, -0.2) is 20.9 Å². The molecule has 0 heterocycles. The van der Waals surface area contributed by atoms with Gasteiger partial charge in [0.25, 0.3) is 0 Å². The molecule has 106 valence electrons. The zero-order valence-electron chi connectivity index (χ0n) is 10.2. The van der Waals surface area contributed by atoms with Crippen LogP contribution in [0.4, 0.5) is 5.69 Å². The predicted molar refractivity (Wildman–Crippen MR) is 76.8 cm³/mol. The summed E-state index contributed by atoms with van der Waals surface area (Å²) in [7, 11) is -3.64. The molecule has 0 aliphatic rings. The number of primary amides is 1. The van der Waals surface area contributed by atoms with Gasteiger partial charge in [0.15, 0.2) is 0 Å². The number of rotatable bonds is 7. The van der Waals surface area contributed by atoms with Crippen molar-refractivity contribution in [2.24, 2.45) is 5.73 Å². The number of unbranched alkanes of at least 4 members (excludes halogenated alkanes) is 1. The Labute approximate surface area is 120 Å². The largest absolute Gasteiger partial charge is 0.398 e. The van der Waals surface area contributed by atoms with Gasteiger partial charge in [0, 0.05) is 17.4 Å². The van der Waals surface area contributed by atoms with Crippen LogP contribution >= 0.6 is 15.9 Å². The zero-order valence-corrected chi connectivity index (χ0v) is 12.6. The maximum atomic E-state index is 12.0. The van der Waals surface area contributed by atoms with E-state index in [2.05, 4.69) is 20.7 Å². The van der Waals surface area contributed by atoms with Gasteiger partial charge in [-0.15, -0.1) is 0 Å². The third-order valence-corrected chi connectivity index (χ3v) is 4.42. The summed E-state index contributed by atoms with van der Waals surface area (Å²) >= 11 is 3.20. The number of nitrogen functional groups attached to an aromatic ring is 1. The van der Waals surface area contributed by atoms with Crippen LogP contribution in [0.3, 0.4) is 0 Å². The summed E-state index contributed by atoms with van der Waals surface area (Å²) in [5.41, 5.74) is 10.8. The lowest BCUT2D eigenvalue weighted by Crippen LogP contribution is -2.26. The molecule has 0 fully saturated rings. The van der Waals surface area contributed by atoms with Crippen molar-refractivity contribution < 1.29 is 13.2 Å². The van der Waals surface area contributed by atoms with Crippen LogP contribution in [0.25, 0.3) is 0 Å². The fourth-order valence-corrected chi connectivity index (χ4v) is 3.19. The number of nitrogens with one attached hydrogen (secondary N) is 1. The Morgan fingerprint density at radius 3 is 2.63 bits per heavy atom. The second-order valence-corrected chi connectivity index (χ2v) is 6.65. The van der Waals surface area contributed by atoms with Crippen LogP contribution in [0.5, 0.6) is 0 Å². The van der Waals surface area contributed by atoms with Gasteiger partial charge in [0.05, 0.1) is 5.69 Å². The highest BCUT2D eigenvalue weighted by Crippen LogP contribution is 2.22. The number of sulfonamides is 1. The molecule has 6 nitrogen and oxygen atoms in total. The highest BCUT2D eigenvalue weighted by atomic mass is 79.9. The van der Waals surface area contributed by atoms with Crippen molar-refractivity contribution in [2.75, 3.05) is 12.3 Å². The van der Waals surface area contributed by atoms with Crippen LogP contribution < -0.4 is 16.2 Å². The topological polar surface area (TPSA) is 115 Å². The summed E-state index contributed by atoms with van der Waals surface area (Å²) < 4.78 is 27.1. The van der Waals surface area contributed by atoms with E-state index in [9.17, 15) is 13.2 Å². The van der Waals surface area contributed by atoms with Crippen LogP contribution in [-0.2, 0) is 14.8 Å². The number of nitrogens with two attached hydrogens (primary N) is 2. The van der Waals surface area contributed by atoms with Gasteiger partial charge in [0.1, 0.15) is 4.90 Å². The predicted octanol–water partition coefficient (Wildman–Crippen LogP) is 0.965. The van der Waals surface area contributed by atoms with Crippen molar-refractivity contribution in [1.29, 1.82) is 0 Å². The molecule has 0 aliphatic heterocycles. The monoisotopic (exact) mass is 349 g/mol. The molecule has 19 heavy (non-hydrogen) atoms. The van der Waals surface area contributed by atoms with E-state index in [1.54, 1.807) is 6.07 Å². The number of benzene rings is 1. The molecule has 0 radical (unpaired) electrons. The third kappa shape index (κ3) is 5.17. The molecule has 0 unspecified atom stereocenters. The van der Waals surface area contributed by atoms with Crippen LogP contribution in [0.15, 0.2) is 27.6 Å². The fourth-order valence-electron chi connectivity index (χ4n) is 1.45. The van der Waals surface area contributed by atoms with Gasteiger partial charge in [0.2, 0.25) is 15.9 Å². The Hall–Kier alpha value is -1.12. The number of carbonyl (C=O) groups is 1. The molecule has 1 rings (SSSR count). The minimum absolute atomic E-state index is 0.0387. The smallest absolute Gasteiger partial charge is 0.242 e. The molecule has 0 saturated carbocycles. The second kappa shape index (κ2) is 6.88. The summed E-state index contributed by atoms with van der Waals surface area (Å²) in [4.78, 5) is 10.6. The lowest BCUT2D eigenvalue weighted by molar-refractivity contribution is -0.118. The first-order chi connectivity index (χ1) is 8.83. The fraction of sp³-hybridized carbons (Fsp3) is 0.364. The van der Waals surface area contributed by atoms with E-state index in [4.69, 9.17) is 11.5 Å². The van der Waals surface area contributed by atoms with E-state index in [1.165, 1.54) is 12.1 Å². The molecule has 0 spiro atoms. The van der Waals surface area contributed by atoms with Gasteiger partial charge in [-0.1, -0.05) is 15.9 Å². The number of hydrogen-bond donors (Lipinski definition) is 3. The van der Waals surface area contributed by atoms with Gasteiger partial charge in [-0.2, -0.15) is 0 Å². The molecule has 1 amide bonds. The number of halogens is 1. The number of anilines is 1. The van der Waals surface area contributed by atoms with Crippen LogP contribution in [0.1, 0.15) is 19.3 Å². The maximum Gasteiger partial charge on any atom is 0.242 e. The van der Waals surface area contributed by atoms with Crippen molar-refractivity contribution in [3.8, 4) is 0 Å². The highest BCUT2D eigenvalue weighted by Gasteiger charge is 2.17. The van der Waals surface area contributed by atoms with E-state index < -0.39 is 10.0 Å². The van der Waals surface area contributed by atoms with Gasteiger partial charge in [-0.3, -0.25) is 4.79 Å². The highest BCUT2D eigenvalue weighted by molar-refractivity contribution is 9.10. The summed E-state index contributed by atoms with van der Waals surface area (Å²) in [6.45, 7) is 0.238. The number of carbonyl (C=O) groups excluding carboxylic acids is 1. The Bertz CT molecular complexity index is 560. The Balaban J connectivity index is 2.61. The Morgan fingerprint density at radius 2 is 2.00 bits per heavy atom. The average molecular weight is 350 g/mol. The molecule has 1 aromatic rings. The molecular formula is C11H16BrN3O3S. The van der Waals surface area contributed by atoms with E-state index >= 15 is 0 Å². The number of hydrogen-bond acceptors (Lipinski definition) is 4. The molecule has 1 aromatic carbocycles. The van der Waals surface area contributed by atoms with E-state index in [0.717, 1.165) is 0 Å². The van der Waals surface area contributed by atoms with Crippen molar-refractivity contribution in [3.05, 3.63) is 22.7 Å². The first kappa shape index (κ1) is 15.9. The first-order valence-corrected chi connectivity index (χ1v) is 7.93. The summed E-state index contributed by atoms with van der Waals surface area (Å²) in [5.74, 6) is -0.390. The Morgan fingerprint density at radius 1 is 1.32 bits per heavy atom. The van der Waals surface area contributed by atoms with Crippen molar-refractivity contribution in [1.82, 2.24) is 4.72 Å². The first-order valence-electron chi connectivity index (χ1n) is 5.66. The molecule has 5 N–H and O–H groups in total. The maximum absolute atomic E-state index is 12.0. The van der Waals surface area contributed by atoms with Crippen molar-refractivity contribution in [3.63, 3.8) is 0 Å². The molecule has 0 bridgehead atoms. The van der Waals surface area contributed by atoms with E-state index in [0.29, 0.717) is 17.3 Å². The molecule has 0 aliphatic carbocycles. The SMILES string of the molecule is NC(=O)CCCCNS(=O)(=O)c1cc(Br)ccc1N. The molecular weight excluding hydrogens is 334 g/mol. The van der Waals surface area contributed by atoms with Crippen molar-refractivity contribution >= 4 is 37.5 Å². The Kier molecular flexibility index (Phi) is 5.77. The molecule has 8 heteroatoms. The van der Waals surface area contributed by atoms with E-state index in [-0.39, 0.29) is 29.5 Å².